The van der Waals surface area contributed by atoms with Gasteiger partial charge in [0, 0.05) is 22.8 Å². The van der Waals surface area contributed by atoms with Crippen LogP contribution in [0.25, 0.3) is 0 Å². The summed E-state index contributed by atoms with van der Waals surface area (Å²) in [5.41, 5.74) is 1.49. The minimum absolute atomic E-state index is 0.0665. The maximum atomic E-state index is 9.12. The molecule has 94 valence electrons. The first-order valence-electron chi connectivity index (χ1n) is 5.30. The molecule has 0 radical (unpaired) electrons. The summed E-state index contributed by atoms with van der Waals surface area (Å²) in [6.45, 7) is 1.76. The highest BCUT2D eigenvalue weighted by Crippen LogP contribution is 2.31. The van der Waals surface area contributed by atoms with Gasteiger partial charge in [-0.2, -0.15) is 0 Å². The van der Waals surface area contributed by atoms with Crippen LogP contribution < -0.4 is 4.74 Å². The molecular formula is C13H11Cl2NO2. The van der Waals surface area contributed by atoms with Gasteiger partial charge in [0.25, 0.3) is 0 Å². The lowest BCUT2D eigenvalue weighted by Gasteiger charge is -2.09. The Kier molecular flexibility index (Phi) is 4.07. The number of aryl methyl sites for hydroxylation is 1. The van der Waals surface area contributed by atoms with Crippen LogP contribution in [0.15, 0.2) is 30.3 Å². The Morgan fingerprint density at radius 2 is 2.00 bits per heavy atom. The maximum Gasteiger partial charge on any atom is 0.219 e. The molecule has 2 aromatic rings. The SMILES string of the molecule is Cc1cc(CO)cc(Oc2cc(Cl)ccc2Cl)n1. The van der Waals surface area contributed by atoms with Crippen LogP contribution in [-0.2, 0) is 6.61 Å². The molecule has 0 saturated heterocycles. The van der Waals surface area contributed by atoms with Crippen molar-refractivity contribution in [3.05, 3.63) is 51.6 Å². The van der Waals surface area contributed by atoms with E-state index in [1.807, 2.05) is 6.92 Å². The fourth-order valence-electron chi connectivity index (χ4n) is 1.52. The summed E-state index contributed by atoms with van der Waals surface area (Å²) in [7, 11) is 0. The van der Waals surface area contributed by atoms with Gasteiger partial charge in [0.15, 0.2) is 0 Å². The Bertz CT molecular complexity index is 573. The molecule has 3 nitrogen and oxygen atoms in total. The summed E-state index contributed by atoms with van der Waals surface area (Å²) >= 11 is 11.9. The first-order chi connectivity index (χ1) is 8.58. The zero-order valence-corrected chi connectivity index (χ0v) is 11.2. The van der Waals surface area contributed by atoms with Gasteiger partial charge < -0.3 is 9.84 Å². The second-order valence-electron chi connectivity index (χ2n) is 3.79. The van der Waals surface area contributed by atoms with Gasteiger partial charge in [-0.05, 0) is 30.7 Å². The number of nitrogens with zero attached hydrogens (tertiary/aromatic N) is 1. The first kappa shape index (κ1) is 13.1. The molecule has 0 unspecified atom stereocenters. The summed E-state index contributed by atoms with van der Waals surface area (Å²) in [6.07, 6.45) is 0. The van der Waals surface area contributed by atoms with Gasteiger partial charge in [-0.1, -0.05) is 23.2 Å². The van der Waals surface area contributed by atoms with Gasteiger partial charge in [-0.25, -0.2) is 4.98 Å². The van der Waals surface area contributed by atoms with E-state index in [1.165, 1.54) is 0 Å². The van der Waals surface area contributed by atoms with Crippen LogP contribution in [0.2, 0.25) is 10.0 Å². The van der Waals surface area contributed by atoms with Crippen molar-refractivity contribution in [1.29, 1.82) is 0 Å². The number of benzene rings is 1. The first-order valence-corrected chi connectivity index (χ1v) is 6.05. The van der Waals surface area contributed by atoms with E-state index in [2.05, 4.69) is 4.98 Å². The number of rotatable bonds is 3. The monoisotopic (exact) mass is 283 g/mol. The van der Waals surface area contributed by atoms with Crippen LogP contribution in [0.5, 0.6) is 11.6 Å². The van der Waals surface area contributed by atoms with Gasteiger partial charge in [-0.3, -0.25) is 0 Å². The summed E-state index contributed by atoms with van der Waals surface area (Å²) < 4.78 is 5.57. The predicted octanol–water partition coefficient (Wildman–Crippen LogP) is 3.98. The highest BCUT2D eigenvalue weighted by atomic mass is 35.5. The normalized spacial score (nSPS) is 10.4. The van der Waals surface area contributed by atoms with Crippen LogP contribution in [-0.4, -0.2) is 10.1 Å². The van der Waals surface area contributed by atoms with E-state index in [4.69, 9.17) is 33.0 Å². The van der Waals surface area contributed by atoms with Crippen molar-refractivity contribution < 1.29 is 9.84 Å². The standard InChI is InChI=1S/C13H11Cl2NO2/c1-8-4-9(7-17)5-13(16-8)18-12-6-10(14)2-3-11(12)15/h2-6,17H,7H2,1H3. The number of ether oxygens (including phenoxy) is 1. The summed E-state index contributed by atoms with van der Waals surface area (Å²) in [5.74, 6) is 0.814. The predicted molar refractivity (Wildman–Crippen MR) is 71.4 cm³/mol. The van der Waals surface area contributed by atoms with E-state index in [1.54, 1.807) is 30.3 Å². The molecule has 5 heteroatoms. The lowest BCUT2D eigenvalue weighted by atomic mass is 10.2. The van der Waals surface area contributed by atoms with E-state index in [0.29, 0.717) is 21.7 Å². The molecule has 0 fully saturated rings. The smallest absolute Gasteiger partial charge is 0.219 e. The number of aromatic nitrogens is 1. The molecule has 0 aliphatic heterocycles. The van der Waals surface area contributed by atoms with Crippen molar-refractivity contribution in [3.8, 4) is 11.6 Å². The fraction of sp³-hybridized carbons (Fsp3) is 0.154. The Labute approximate surface area is 115 Å². The average Bonchev–Trinajstić information content (AvgIpc) is 2.33. The third kappa shape index (κ3) is 3.13. The molecule has 0 amide bonds. The van der Waals surface area contributed by atoms with Crippen LogP contribution in [0.1, 0.15) is 11.3 Å². The molecule has 0 saturated carbocycles. The van der Waals surface area contributed by atoms with E-state index in [-0.39, 0.29) is 6.61 Å². The van der Waals surface area contributed by atoms with Crippen LogP contribution >= 0.6 is 23.2 Å². The van der Waals surface area contributed by atoms with Gasteiger partial charge >= 0.3 is 0 Å². The molecule has 0 spiro atoms. The molecule has 1 aromatic heterocycles. The van der Waals surface area contributed by atoms with Crippen molar-refractivity contribution in [2.75, 3.05) is 0 Å². The number of pyridine rings is 1. The Morgan fingerprint density at radius 3 is 2.72 bits per heavy atom. The zero-order valence-electron chi connectivity index (χ0n) is 9.65. The number of hydrogen-bond donors (Lipinski definition) is 1. The Morgan fingerprint density at radius 1 is 1.22 bits per heavy atom. The molecule has 18 heavy (non-hydrogen) atoms. The Balaban J connectivity index is 2.33. The van der Waals surface area contributed by atoms with Gasteiger partial charge in [0.05, 0.1) is 11.6 Å². The largest absolute Gasteiger partial charge is 0.437 e. The van der Waals surface area contributed by atoms with E-state index < -0.39 is 0 Å². The number of hydrogen-bond acceptors (Lipinski definition) is 3. The highest BCUT2D eigenvalue weighted by molar-refractivity contribution is 6.34. The highest BCUT2D eigenvalue weighted by Gasteiger charge is 2.07. The molecule has 0 aliphatic rings. The molecule has 1 heterocycles. The second kappa shape index (κ2) is 5.57. The Hall–Kier alpha value is -1.29. The molecule has 0 atom stereocenters. The van der Waals surface area contributed by atoms with Crippen LogP contribution in [0, 0.1) is 6.92 Å². The van der Waals surface area contributed by atoms with Crippen LogP contribution in [0.4, 0.5) is 0 Å². The van der Waals surface area contributed by atoms with Crippen molar-refractivity contribution in [1.82, 2.24) is 4.98 Å². The van der Waals surface area contributed by atoms with Gasteiger partial charge in [0.2, 0.25) is 5.88 Å². The van der Waals surface area contributed by atoms with Crippen molar-refractivity contribution in [2.24, 2.45) is 0 Å². The molecule has 2 rings (SSSR count). The van der Waals surface area contributed by atoms with Crippen molar-refractivity contribution >= 4 is 23.2 Å². The number of aliphatic hydroxyl groups excluding tert-OH is 1. The minimum Gasteiger partial charge on any atom is -0.437 e. The molecule has 1 aromatic carbocycles. The number of halogens is 2. The van der Waals surface area contributed by atoms with Gasteiger partial charge in [0.1, 0.15) is 5.75 Å². The van der Waals surface area contributed by atoms with E-state index in [9.17, 15) is 0 Å². The summed E-state index contributed by atoms with van der Waals surface area (Å²) in [4.78, 5) is 4.21. The quantitative estimate of drug-likeness (QED) is 0.926. The second-order valence-corrected chi connectivity index (χ2v) is 4.63. The molecule has 1 N–H and O–H groups in total. The summed E-state index contributed by atoms with van der Waals surface area (Å²) in [5, 5.41) is 10.1. The third-order valence-corrected chi connectivity index (χ3v) is 2.83. The van der Waals surface area contributed by atoms with E-state index >= 15 is 0 Å². The average molecular weight is 284 g/mol. The lowest BCUT2D eigenvalue weighted by Crippen LogP contribution is -1.94. The molecular weight excluding hydrogens is 273 g/mol. The minimum atomic E-state index is -0.0665. The van der Waals surface area contributed by atoms with Gasteiger partial charge in [-0.15, -0.1) is 0 Å². The lowest BCUT2D eigenvalue weighted by molar-refractivity contribution is 0.281. The summed E-state index contributed by atoms with van der Waals surface area (Å²) in [6, 6.07) is 8.39. The molecule has 0 bridgehead atoms. The topological polar surface area (TPSA) is 42.4 Å². The van der Waals surface area contributed by atoms with Crippen molar-refractivity contribution in [3.63, 3.8) is 0 Å². The van der Waals surface area contributed by atoms with E-state index in [0.717, 1.165) is 11.3 Å². The van der Waals surface area contributed by atoms with Crippen LogP contribution in [0.3, 0.4) is 0 Å². The number of aliphatic hydroxyl groups is 1. The molecule has 0 aliphatic carbocycles. The van der Waals surface area contributed by atoms with Crippen molar-refractivity contribution in [2.45, 2.75) is 13.5 Å². The zero-order chi connectivity index (χ0) is 13.1. The fourth-order valence-corrected chi connectivity index (χ4v) is 1.84. The third-order valence-electron chi connectivity index (χ3n) is 2.28. The maximum absolute atomic E-state index is 9.12.